The lowest BCUT2D eigenvalue weighted by atomic mass is 9.94. The number of carbonyl (C=O) groups excluding carboxylic acids is 1. The van der Waals surface area contributed by atoms with Gasteiger partial charge >= 0.3 is 0 Å². The monoisotopic (exact) mass is 419 g/mol. The van der Waals surface area contributed by atoms with Crippen molar-refractivity contribution in [2.75, 3.05) is 13.7 Å². The standard InChI is InChI=1S/C26H26FNO3/c1-30-23-15-9-19(10-16-23)18-31-26(21-11-13-22(27)14-12-21)25(20-6-3-2-4-7-20)28-17-5-8-24(28)29/h2-4,6-7,9-16,25-26H,5,8,17-18H2,1H3. The van der Waals surface area contributed by atoms with Crippen LogP contribution in [0.25, 0.3) is 0 Å². The molecule has 2 unspecified atom stereocenters. The van der Waals surface area contributed by atoms with Crippen LogP contribution in [0.5, 0.6) is 5.75 Å². The molecule has 0 aromatic heterocycles. The van der Waals surface area contributed by atoms with Gasteiger partial charge in [-0.1, -0.05) is 54.6 Å². The third-order valence-electron chi connectivity index (χ3n) is 5.66. The van der Waals surface area contributed by atoms with Crippen molar-refractivity contribution in [1.82, 2.24) is 4.90 Å². The van der Waals surface area contributed by atoms with Crippen LogP contribution in [-0.2, 0) is 16.1 Å². The lowest BCUT2D eigenvalue weighted by molar-refractivity contribution is -0.134. The minimum atomic E-state index is -0.438. The molecule has 0 saturated carbocycles. The van der Waals surface area contributed by atoms with Crippen molar-refractivity contribution in [3.05, 3.63) is 101 Å². The molecule has 2 atom stereocenters. The molecule has 0 N–H and O–H groups in total. The Kier molecular flexibility index (Phi) is 6.63. The summed E-state index contributed by atoms with van der Waals surface area (Å²) < 4.78 is 25.3. The Morgan fingerprint density at radius 3 is 2.26 bits per heavy atom. The zero-order chi connectivity index (χ0) is 21.6. The molecule has 3 aromatic carbocycles. The first-order chi connectivity index (χ1) is 15.2. The van der Waals surface area contributed by atoms with Gasteiger partial charge in [-0.15, -0.1) is 0 Å². The van der Waals surface area contributed by atoms with Crippen molar-refractivity contribution >= 4 is 5.91 Å². The Morgan fingerprint density at radius 1 is 0.935 bits per heavy atom. The highest BCUT2D eigenvalue weighted by molar-refractivity contribution is 5.78. The number of rotatable bonds is 8. The number of hydrogen-bond donors (Lipinski definition) is 0. The highest BCUT2D eigenvalue weighted by Gasteiger charge is 2.36. The maximum atomic E-state index is 13.6. The van der Waals surface area contributed by atoms with Crippen molar-refractivity contribution in [1.29, 1.82) is 0 Å². The number of benzene rings is 3. The second-order valence-electron chi connectivity index (χ2n) is 7.68. The van der Waals surface area contributed by atoms with Crippen LogP contribution in [0.2, 0.25) is 0 Å². The van der Waals surface area contributed by atoms with Crippen LogP contribution in [0.15, 0.2) is 78.9 Å². The average Bonchev–Trinajstić information content (AvgIpc) is 3.23. The average molecular weight is 419 g/mol. The summed E-state index contributed by atoms with van der Waals surface area (Å²) in [6, 6.07) is 23.7. The van der Waals surface area contributed by atoms with Gasteiger partial charge in [0, 0.05) is 13.0 Å². The quantitative estimate of drug-likeness (QED) is 0.487. The number of ether oxygens (including phenoxy) is 2. The van der Waals surface area contributed by atoms with Gasteiger partial charge in [0.2, 0.25) is 5.91 Å². The molecule has 1 fully saturated rings. The number of likely N-dealkylation sites (tertiary alicyclic amines) is 1. The molecule has 5 heteroatoms. The fraction of sp³-hybridized carbons (Fsp3) is 0.269. The first kappa shape index (κ1) is 21.1. The molecule has 1 amide bonds. The van der Waals surface area contributed by atoms with Crippen LogP contribution < -0.4 is 4.74 Å². The summed E-state index contributed by atoms with van der Waals surface area (Å²) in [6.45, 7) is 1.04. The summed E-state index contributed by atoms with van der Waals surface area (Å²) in [5, 5.41) is 0. The van der Waals surface area contributed by atoms with Crippen LogP contribution in [0.1, 0.15) is 41.7 Å². The smallest absolute Gasteiger partial charge is 0.223 e. The summed E-state index contributed by atoms with van der Waals surface area (Å²) in [7, 11) is 1.63. The Hall–Kier alpha value is -3.18. The highest BCUT2D eigenvalue weighted by Crippen LogP contribution is 2.39. The second-order valence-corrected chi connectivity index (χ2v) is 7.68. The molecule has 0 bridgehead atoms. The molecule has 1 aliphatic heterocycles. The van der Waals surface area contributed by atoms with E-state index in [1.165, 1.54) is 12.1 Å². The Bertz CT molecular complexity index is 989. The fourth-order valence-electron chi connectivity index (χ4n) is 4.06. The van der Waals surface area contributed by atoms with Crippen LogP contribution in [0.3, 0.4) is 0 Å². The topological polar surface area (TPSA) is 38.8 Å². The van der Waals surface area contributed by atoms with E-state index < -0.39 is 6.10 Å². The Morgan fingerprint density at radius 2 is 1.65 bits per heavy atom. The molecule has 0 spiro atoms. The molecule has 1 aliphatic rings. The molecular formula is C26H26FNO3. The number of carbonyl (C=O) groups is 1. The molecule has 4 nitrogen and oxygen atoms in total. The Balaban J connectivity index is 1.69. The van der Waals surface area contributed by atoms with Crippen molar-refractivity contribution in [2.45, 2.75) is 31.6 Å². The molecule has 0 aliphatic carbocycles. The summed E-state index contributed by atoms with van der Waals surface area (Å²) in [5.41, 5.74) is 2.83. The predicted molar refractivity (Wildman–Crippen MR) is 117 cm³/mol. The Labute approximate surface area is 182 Å². The summed E-state index contributed by atoms with van der Waals surface area (Å²) in [4.78, 5) is 14.6. The van der Waals surface area contributed by atoms with E-state index in [4.69, 9.17) is 9.47 Å². The van der Waals surface area contributed by atoms with Crippen LogP contribution in [0, 0.1) is 5.82 Å². The highest BCUT2D eigenvalue weighted by atomic mass is 19.1. The van der Waals surface area contributed by atoms with E-state index in [0.717, 1.165) is 28.9 Å². The SMILES string of the molecule is COc1ccc(COC(c2ccc(F)cc2)C(c2ccccc2)N2CCCC2=O)cc1. The number of nitrogens with zero attached hydrogens (tertiary/aromatic N) is 1. The van der Waals surface area contributed by atoms with Crippen molar-refractivity contribution < 1.29 is 18.7 Å². The maximum Gasteiger partial charge on any atom is 0.223 e. The first-order valence-corrected chi connectivity index (χ1v) is 10.5. The number of hydrogen-bond acceptors (Lipinski definition) is 3. The minimum absolute atomic E-state index is 0.119. The van der Waals surface area contributed by atoms with Crippen LogP contribution in [0.4, 0.5) is 4.39 Å². The number of methoxy groups -OCH3 is 1. The molecule has 3 aromatic rings. The van der Waals surface area contributed by atoms with E-state index in [1.807, 2.05) is 59.5 Å². The maximum absolute atomic E-state index is 13.6. The van der Waals surface area contributed by atoms with Gasteiger partial charge in [0.1, 0.15) is 17.7 Å². The van der Waals surface area contributed by atoms with E-state index in [1.54, 1.807) is 19.2 Å². The summed E-state index contributed by atoms with van der Waals surface area (Å²) in [6.07, 6.45) is 0.932. The fourth-order valence-corrected chi connectivity index (χ4v) is 4.06. The van der Waals surface area contributed by atoms with E-state index in [9.17, 15) is 9.18 Å². The summed E-state index contributed by atoms with van der Waals surface area (Å²) in [5.74, 6) is 0.601. The van der Waals surface area contributed by atoms with E-state index in [0.29, 0.717) is 19.6 Å². The van der Waals surface area contributed by atoms with Crippen LogP contribution >= 0.6 is 0 Å². The molecule has 31 heavy (non-hydrogen) atoms. The van der Waals surface area contributed by atoms with Crippen molar-refractivity contribution in [3.63, 3.8) is 0 Å². The van der Waals surface area contributed by atoms with Gasteiger partial charge in [-0.3, -0.25) is 4.79 Å². The lowest BCUT2D eigenvalue weighted by Gasteiger charge is -2.35. The second kappa shape index (κ2) is 9.75. The van der Waals surface area contributed by atoms with Gasteiger partial charge in [-0.25, -0.2) is 4.39 Å². The lowest BCUT2D eigenvalue weighted by Crippen LogP contribution is -2.35. The van der Waals surface area contributed by atoms with Crippen molar-refractivity contribution in [3.8, 4) is 5.75 Å². The van der Waals surface area contributed by atoms with E-state index in [2.05, 4.69) is 0 Å². The molecule has 1 heterocycles. The normalized spacial score (nSPS) is 15.7. The molecule has 4 rings (SSSR count). The zero-order valence-electron chi connectivity index (χ0n) is 17.5. The van der Waals surface area contributed by atoms with Gasteiger partial charge in [0.25, 0.3) is 0 Å². The largest absolute Gasteiger partial charge is 0.497 e. The van der Waals surface area contributed by atoms with Gasteiger partial charge in [0.15, 0.2) is 0 Å². The number of halogens is 1. The van der Waals surface area contributed by atoms with Crippen molar-refractivity contribution in [2.24, 2.45) is 0 Å². The third-order valence-corrected chi connectivity index (χ3v) is 5.66. The minimum Gasteiger partial charge on any atom is -0.497 e. The van der Waals surface area contributed by atoms with Gasteiger partial charge in [-0.2, -0.15) is 0 Å². The molecule has 160 valence electrons. The predicted octanol–water partition coefficient (Wildman–Crippen LogP) is 5.46. The van der Waals surface area contributed by atoms with E-state index >= 15 is 0 Å². The molecule has 1 saturated heterocycles. The van der Waals surface area contributed by atoms with Crippen LogP contribution in [-0.4, -0.2) is 24.5 Å². The molecular weight excluding hydrogens is 393 g/mol. The van der Waals surface area contributed by atoms with Gasteiger partial charge in [-0.05, 0) is 47.4 Å². The first-order valence-electron chi connectivity index (χ1n) is 10.5. The number of amides is 1. The van der Waals surface area contributed by atoms with Gasteiger partial charge < -0.3 is 14.4 Å². The third kappa shape index (κ3) is 4.94. The molecule has 0 radical (unpaired) electrons. The van der Waals surface area contributed by atoms with E-state index in [-0.39, 0.29) is 17.8 Å². The summed E-state index contributed by atoms with van der Waals surface area (Å²) >= 11 is 0. The van der Waals surface area contributed by atoms with Gasteiger partial charge in [0.05, 0.1) is 19.8 Å². The zero-order valence-corrected chi connectivity index (χ0v) is 17.5.